The van der Waals surface area contributed by atoms with E-state index in [9.17, 15) is 32.7 Å². The number of phenolic OH excluding ortho intramolecular Hbond substituents is 1. The molecule has 3 aromatic carbocycles. The third kappa shape index (κ3) is 13.5. The van der Waals surface area contributed by atoms with E-state index in [-0.39, 0.29) is 96.8 Å². The maximum Gasteiger partial charge on any atom is 0.315 e. The minimum Gasteiger partial charge on any atom is -0.506 e. The van der Waals surface area contributed by atoms with E-state index < -0.39 is 38.1 Å². The Balaban J connectivity index is 0.856. The number of phenols is 1. The summed E-state index contributed by atoms with van der Waals surface area (Å²) in [6.45, 7) is 6.23. The van der Waals surface area contributed by atoms with Crippen LogP contribution in [0.2, 0.25) is 5.02 Å². The highest BCUT2D eigenvalue weighted by molar-refractivity contribution is 8.00. The molecular formula is C49H62ClN5O11S2. The van der Waals surface area contributed by atoms with Crippen molar-refractivity contribution in [3.63, 3.8) is 0 Å². The highest BCUT2D eigenvalue weighted by atomic mass is 35.5. The largest absolute Gasteiger partial charge is 0.506 e. The zero-order chi connectivity index (χ0) is 48.3. The molecule has 0 bridgehead atoms. The van der Waals surface area contributed by atoms with E-state index in [4.69, 9.17) is 30.5 Å². The zero-order valence-electron chi connectivity index (χ0n) is 38.5. The SMILES string of the molecule is CC1(C)CC(=O)C2=C(C1)Nc1c(O)cccc1C(S(=O)(=O)CC(=O)NCCOCCOCCOCCNC(=O)CCCCC1SCC3NC(=O)NC31)C2c1ccc(OCc2ccccc2)cc1Cl. The maximum absolute atomic E-state index is 14.8. The average molecular weight is 997 g/mol. The van der Waals surface area contributed by atoms with Crippen molar-refractivity contribution in [3.05, 3.63) is 99.7 Å². The molecule has 68 heavy (non-hydrogen) atoms. The number of thioether (sulfide) groups is 1. The number of nitrogens with one attached hydrogen (secondary N) is 5. The first-order chi connectivity index (χ1) is 32.7. The van der Waals surface area contributed by atoms with E-state index in [1.807, 2.05) is 55.9 Å². The minimum atomic E-state index is -4.44. The fourth-order valence-electron chi connectivity index (χ4n) is 9.28. The summed E-state index contributed by atoms with van der Waals surface area (Å²) in [5.74, 6) is -1.89. The lowest BCUT2D eigenvalue weighted by Crippen LogP contribution is -2.37. The number of benzene rings is 3. The number of halogens is 1. The fraction of sp³-hybridized carbons (Fsp3) is 0.510. The molecule has 4 amide bonds. The van der Waals surface area contributed by atoms with Gasteiger partial charge in [-0.1, -0.05) is 80.4 Å². The molecule has 7 rings (SSSR count). The average Bonchev–Trinajstić information content (AvgIpc) is 3.80. The summed E-state index contributed by atoms with van der Waals surface area (Å²) in [6, 6.07) is 19.4. The first-order valence-corrected chi connectivity index (χ1v) is 26.3. The van der Waals surface area contributed by atoms with Gasteiger partial charge in [0.05, 0.1) is 57.4 Å². The van der Waals surface area contributed by atoms with E-state index in [2.05, 4.69) is 26.6 Å². The van der Waals surface area contributed by atoms with Gasteiger partial charge in [0.2, 0.25) is 11.8 Å². The summed E-state index contributed by atoms with van der Waals surface area (Å²) in [6.07, 6.45) is 3.67. The number of para-hydroxylation sites is 1. The zero-order valence-corrected chi connectivity index (χ0v) is 40.9. The van der Waals surface area contributed by atoms with E-state index in [0.29, 0.717) is 61.5 Å². The number of carbonyl (C=O) groups is 4. The number of carbonyl (C=O) groups excluding carboxylic acids is 4. The van der Waals surface area contributed by atoms with Gasteiger partial charge in [0.15, 0.2) is 15.6 Å². The number of aromatic hydroxyl groups is 1. The Morgan fingerprint density at radius 3 is 2.28 bits per heavy atom. The molecule has 3 aromatic rings. The molecule has 0 aromatic heterocycles. The number of rotatable bonds is 24. The molecule has 2 fully saturated rings. The molecule has 3 aliphatic heterocycles. The highest BCUT2D eigenvalue weighted by Crippen LogP contribution is 2.55. The van der Waals surface area contributed by atoms with Gasteiger partial charge in [-0.25, -0.2) is 13.2 Å². The monoisotopic (exact) mass is 995 g/mol. The lowest BCUT2D eigenvalue weighted by atomic mass is 9.71. The number of sulfone groups is 1. The number of amides is 4. The van der Waals surface area contributed by atoms with E-state index in [1.165, 1.54) is 12.1 Å². The Hall–Kier alpha value is -4.85. The van der Waals surface area contributed by atoms with Crippen molar-refractivity contribution in [3.8, 4) is 11.5 Å². The van der Waals surface area contributed by atoms with Crippen LogP contribution in [-0.2, 0) is 45.0 Å². The van der Waals surface area contributed by atoms with Crippen molar-refractivity contribution >= 4 is 62.5 Å². The van der Waals surface area contributed by atoms with E-state index in [0.717, 1.165) is 30.6 Å². The number of urea groups is 1. The molecular weight excluding hydrogens is 934 g/mol. The predicted octanol–water partition coefficient (Wildman–Crippen LogP) is 5.94. The second-order valence-corrected chi connectivity index (χ2v) is 22.1. The molecule has 0 saturated carbocycles. The van der Waals surface area contributed by atoms with Gasteiger partial charge in [-0.05, 0) is 59.6 Å². The highest BCUT2D eigenvalue weighted by Gasteiger charge is 2.49. The summed E-state index contributed by atoms with van der Waals surface area (Å²) in [7, 11) is -4.44. The number of Topliss-reactive ketones (excluding diaryl/α,β-unsaturated/α-hetero) is 1. The van der Waals surface area contributed by atoms with Gasteiger partial charge in [0.1, 0.15) is 29.1 Å². The van der Waals surface area contributed by atoms with Crippen LogP contribution < -0.4 is 31.3 Å². The Kier molecular flexibility index (Phi) is 17.7. The Labute approximate surface area is 407 Å². The van der Waals surface area contributed by atoms with Gasteiger partial charge < -0.3 is 50.6 Å². The molecule has 19 heteroatoms. The summed E-state index contributed by atoms with van der Waals surface area (Å²) in [5, 5.41) is 25.0. The lowest BCUT2D eigenvalue weighted by Gasteiger charge is -2.36. The molecule has 368 valence electrons. The number of unbranched alkanes of at least 4 members (excludes halogenated alkanes) is 1. The summed E-state index contributed by atoms with van der Waals surface area (Å²) >= 11 is 8.89. The second-order valence-electron chi connectivity index (χ2n) is 18.3. The predicted molar refractivity (Wildman–Crippen MR) is 261 cm³/mol. The van der Waals surface area contributed by atoms with Gasteiger partial charge >= 0.3 is 6.03 Å². The van der Waals surface area contributed by atoms with Crippen LogP contribution in [0.3, 0.4) is 0 Å². The van der Waals surface area contributed by atoms with E-state index in [1.54, 1.807) is 24.3 Å². The van der Waals surface area contributed by atoms with Gasteiger partial charge in [-0.15, -0.1) is 0 Å². The smallest absolute Gasteiger partial charge is 0.315 e. The topological polar surface area (TPSA) is 220 Å². The van der Waals surface area contributed by atoms with Crippen LogP contribution in [0.4, 0.5) is 10.5 Å². The quantitative estimate of drug-likeness (QED) is 0.0348. The van der Waals surface area contributed by atoms with E-state index >= 15 is 0 Å². The molecule has 5 unspecified atom stereocenters. The van der Waals surface area contributed by atoms with Crippen molar-refractivity contribution in [2.24, 2.45) is 5.41 Å². The van der Waals surface area contributed by atoms with Crippen LogP contribution in [0.5, 0.6) is 11.5 Å². The van der Waals surface area contributed by atoms with Crippen LogP contribution in [0, 0.1) is 5.41 Å². The van der Waals surface area contributed by atoms with Crippen LogP contribution in [0.25, 0.3) is 0 Å². The number of hydrogen-bond acceptors (Lipinski definition) is 13. The van der Waals surface area contributed by atoms with Crippen LogP contribution in [0.15, 0.2) is 78.0 Å². The number of anilines is 1. The molecule has 5 atom stereocenters. The third-order valence-corrected chi connectivity index (χ3v) is 16.2. The summed E-state index contributed by atoms with van der Waals surface area (Å²) in [5.41, 5.74) is 1.95. The lowest BCUT2D eigenvalue weighted by molar-refractivity contribution is -0.121. The Morgan fingerprint density at radius 2 is 1.56 bits per heavy atom. The third-order valence-electron chi connectivity index (χ3n) is 12.4. The van der Waals surface area contributed by atoms with Crippen LogP contribution in [0.1, 0.15) is 80.2 Å². The number of ether oxygens (including phenoxy) is 4. The molecule has 0 spiro atoms. The van der Waals surface area contributed by atoms with Crippen LogP contribution in [-0.4, -0.2) is 119 Å². The van der Waals surface area contributed by atoms with Crippen LogP contribution >= 0.6 is 23.4 Å². The summed E-state index contributed by atoms with van der Waals surface area (Å²) in [4.78, 5) is 51.4. The minimum absolute atomic E-state index is 0.0171. The fourth-order valence-corrected chi connectivity index (χ4v) is 13.0. The molecule has 6 N–H and O–H groups in total. The van der Waals surface area contributed by atoms with Crippen molar-refractivity contribution in [1.29, 1.82) is 0 Å². The summed E-state index contributed by atoms with van der Waals surface area (Å²) < 4.78 is 52.2. The number of allylic oxidation sites excluding steroid dienone is 2. The number of hydrogen-bond donors (Lipinski definition) is 6. The number of fused-ring (bicyclic) bond motifs is 2. The van der Waals surface area contributed by atoms with Crippen molar-refractivity contribution in [2.75, 3.05) is 69.6 Å². The molecule has 4 aliphatic rings. The Bertz CT molecular complexity index is 2420. The second kappa shape index (κ2) is 23.6. The van der Waals surface area contributed by atoms with Gasteiger partial charge in [-0.2, -0.15) is 11.8 Å². The van der Waals surface area contributed by atoms with Crippen molar-refractivity contribution in [1.82, 2.24) is 21.3 Å². The molecule has 1 aliphatic carbocycles. The standard InChI is InChI=1S/C49H62ClN5O11S2/c1-49(2)26-36-44(39(57)27-49)43(33-16-15-32(25-35(33)50)66-28-31-9-4-3-5-10-31)47(34-11-8-12-38(56)45(34)53-36)68(61,62)30-42(59)52-18-20-64-22-24-65-23-21-63-19-17-51-41(58)14-7-6-13-40-46-37(29-67-40)54-48(60)55-46/h3-5,8-12,15-16,25,37,40,43,46-47,53,56H,6-7,13-14,17-24,26-30H2,1-2H3,(H,51,58)(H,52,59)(H2,54,55,60). The van der Waals surface area contributed by atoms with Crippen molar-refractivity contribution < 1.29 is 51.6 Å². The molecule has 2 saturated heterocycles. The van der Waals surface area contributed by atoms with Gasteiger partial charge in [-0.3, -0.25) is 14.4 Å². The number of ketones is 1. The maximum atomic E-state index is 14.8. The first kappa shape index (κ1) is 51.0. The Morgan fingerprint density at radius 1 is 0.853 bits per heavy atom. The molecule has 3 heterocycles. The molecule has 16 nitrogen and oxygen atoms in total. The van der Waals surface area contributed by atoms with Crippen molar-refractivity contribution in [2.45, 2.75) is 87.5 Å². The first-order valence-electron chi connectivity index (χ1n) is 23.2. The normalized spacial score (nSPS) is 21.7. The molecule has 0 radical (unpaired) electrons. The van der Waals surface area contributed by atoms with Gasteiger partial charge in [0.25, 0.3) is 0 Å². The van der Waals surface area contributed by atoms with Gasteiger partial charge in [0, 0.05) is 59.1 Å².